The minimum atomic E-state index is -0.341. The molecule has 0 aliphatic carbocycles. The van der Waals surface area contributed by atoms with E-state index in [2.05, 4.69) is 21.0 Å². The van der Waals surface area contributed by atoms with E-state index in [9.17, 15) is 4.79 Å². The molecule has 0 N–H and O–H groups in total. The highest BCUT2D eigenvalue weighted by atomic mass is 79.9. The number of hydrogen-bond acceptors (Lipinski definition) is 4. The third kappa shape index (κ3) is 3.95. The minimum absolute atomic E-state index is 0.186. The van der Waals surface area contributed by atoms with Gasteiger partial charge in [-0.1, -0.05) is 36.7 Å². The maximum atomic E-state index is 13.1. The lowest BCUT2D eigenvalue weighted by Gasteiger charge is -2.21. The van der Waals surface area contributed by atoms with E-state index in [-0.39, 0.29) is 11.0 Å². The Bertz CT molecular complexity index is 1100. The molecule has 140 valence electrons. The van der Waals surface area contributed by atoms with Gasteiger partial charge in [-0.2, -0.15) is 9.78 Å². The highest BCUT2D eigenvalue weighted by molar-refractivity contribution is 9.10. The molecule has 1 heterocycles. The van der Waals surface area contributed by atoms with Crippen LogP contribution in [0.3, 0.4) is 0 Å². The Kier molecular flexibility index (Phi) is 5.20. The molecule has 0 aliphatic heterocycles. The van der Waals surface area contributed by atoms with Gasteiger partial charge in [0.2, 0.25) is 0 Å². The molecule has 27 heavy (non-hydrogen) atoms. The van der Waals surface area contributed by atoms with E-state index < -0.39 is 0 Å². The molecule has 3 rings (SSSR count). The summed E-state index contributed by atoms with van der Waals surface area (Å²) in [6, 6.07) is 11.2. The van der Waals surface area contributed by atoms with Crippen LogP contribution in [-0.2, 0) is 5.41 Å². The first kappa shape index (κ1) is 19.3. The van der Waals surface area contributed by atoms with Crippen LogP contribution in [0.25, 0.3) is 10.9 Å². The van der Waals surface area contributed by atoms with Crippen molar-refractivity contribution in [3.63, 3.8) is 0 Å². The second kappa shape index (κ2) is 7.27. The third-order valence-electron chi connectivity index (χ3n) is 4.27. The van der Waals surface area contributed by atoms with Gasteiger partial charge in [-0.15, -0.1) is 0 Å². The summed E-state index contributed by atoms with van der Waals surface area (Å²) < 4.78 is 7.47. The van der Waals surface area contributed by atoms with Crippen LogP contribution >= 0.6 is 15.9 Å². The Morgan fingerprint density at radius 3 is 2.56 bits per heavy atom. The molecule has 0 unspecified atom stereocenters. The van der Waals surface area contributed by atoms with Gasteiger partial charge in [0.1, 0.15) is 11.6 Å². The Hall–Kier alpha value is -2.47. The summed E-state index contributed by atoms with van der Waals surface area (Å²) in [5.74, 6) is 1.40. The second-order valence-corrected chi connectivity index (χ2v) is 8.35. The van der Waals surface area contributed by atoms with Crippen LogP contribution in [0.15, 0.2) is 50.8 Å². The Morgan fingerprint density at radius 2 is 1.93 bits per heavy atom. The van der Waals surface area contributed by atoms with Gasteiger partial charge >= 0.3 is 0 Å². The van der Waals surface area contributed by atoms with E-state index in [4.69, 9.17) is 9.72 Å². The molecule has 0 saturated heterocycles. The summed E-state index contributed by atoms with van der Waals surface area (Å²) in [6.45, 7) is 8.03. The Balaban J connectivity index is 2.20. The zero-order valence-electron chi connectivity index (χ0n) is 16.1. The van der Waals surface area contributed by atoms with Crippen LogP contribution in [0.4, 0.5) is 0 Å². The van der Waals surface area contributed by atoms with Crippen molar-refractivity contribution >= 4 is 33.0 Å². The van der Waals surface area contributed by atoms with Crippen LogP contribution in [-0.4, -0.2) is 23.0 Å². The van der Waals surface area contributed by atoms with Crippen LogP contribution in [0, 0.1) is 6.92 Å². The zero-order valence-corrected chi connectivity index (χ0v) is 17.7. The van der Waals surface area contributed by atoms with E-state index in [0.717, 1.165) is 21.3 Å². The van der Waals surface area contributed by atoms with E-state index in [1.165, 1.54) is 4.68 Å². The van der Waals surface area contributed by atoms with Crippen LogP contribution in [0.2, 0.25) is 0 Å². The number of halogens is 1. The van der Waals surface area contributed by atoms with E-state index in [1.54, 1.807) is 19.4 Å². The number of ether oxygens (including phenoxy) is 1. The Labute approximate surface area is 166 Å². The molecular formula is C21H22BrN3O2. The predicted octanol–water partition coefficient (Wildman–Crippen LogP) is 4.66. The molecule has 6 heteroatoms. The number of hydrogen-bond donors (Lipinski definition) is 0. The van der Waals surface area contributed by atoms with Gasteiger partial charge in [0, 0.05) is 9.89 Å². The van der Waals surface area contributed by atoms with Gasteiger partial charge in [-0.25, -0.2) is 4.98 Å². The van der Waals surface area contributed by atoms with Gasteiger partial charge in [0.05, 0.1) is 24.2 Å². The molecule has 0 saturated carbocycles. The van der Waals surface area contributed by atoms with Crippen LogP contribution in [0.1, 0.15) is 37.7 Å². The molecule has 0 atom stereocenters. The molecule has 1 aromatic heterocycles. The van der Waals surface area contributed by atoms with Gasteiger partial charge in [0.25, 0.3) is 5.56 Å². The molecular weight excluding hydrogens is 406 g/mol. The normalized spacial score (nSPS) is 12.1. The molecule has 0 amide bonds. The summed E-state index contributed by atoms with van der Waals surface area (Å²) >= 11 is 3.42. The summed E-state index contributed by atoms with van der Waals surface area (Å²) in [5.41, 5.74) is 2.07. The second-order valence-electron chi connectivity index (χ2n) is 7.43. The highest BCUT2D eigenvalue weighted by Crippen LogP contribution is 2.23. The minimum Gasteiger partial charge on any atom is -0.497 e. The van der Waals surface area contributed by atoms with Crippen molar-refractivity contribution in [1.82, 2.24) is 9.66 Å². The lowest BCUT2D eigenvalue weighted by atomic mass is 9.95. The zero-order chi connectivity index (χ0) is 19.8. The first-order chi connectivity index (χ1) is 12.7. The average molecular weight is 428 g/mol. The number of aryl methyl sites for hydroxylation is 1. The van der Waals surface area contributed by atoms with Crippen molar-refractivity contribution in [1.29, 1.82) is 0 Å². The summed E-state index contributed by atoms with van der Waals surface area (Å²) in [5, 5.41) is 5.03. The molecule has 0 fully saturated rings. The van der Waals surface area contributed by atoms with E-state index in [0.29, 0.717) is 16.7 Å². The first-order valence-corrected chi connectivity index (χ1v) is 9.42. The first-order valence-electron chi connectivity index (χ1n) is 8.62. The number of benzene rings is 2. The van der Waals surface area contributed by atoms with Gasteiger partial charge in [-0.05, 0) is 54.4 Å². The quantitative estimate of drug-likeness (QED) is 0.571. The van der Waals surface area contributed by atoms with Crippen molar-refractivity contribution in [2.45, 2.75) is 33.1 Å². The fraction of sp³-hybridized carbons (Fsp3) is 0.286. The smallest absolute Gasteiger partial charge is 0.282 e. The molecule has 2 aromatic carbocycles. The Morgan fingerprint density at radius 1 is 1.19 bits per heavy atom. The monoisotopic (exact) mass is 427 g/mol. The van der Waals surface area contributed by atoms with Gasteiger partial charge in [-0.3, -0.25) is 4.79 Å². The average Bonchev–Trinajstić information content (AvgIpc) is 2.61. The largest absolute Gasteiger partial charge is 0.497 e. The number of nitrogens with zero attached hydrogens (tertiary/aromatic N) is 3. The number of rotatable bonds is 3. The number of aromatic nitrogens is 2. The van der Waals surface area contributed by atoms with Gasteiger partial charge in [0.15, 0.2) is 0 Å². The van der Waals surface area contributed by atoms with Crippen molar-refractivity contribution in [2.24, 2.45) is 5.10 Å². The van der Waals surface area contributed by atoms with E-state index >= 15 is 0 Å². The third-order valence-corrected chi connectivity index (χ3v) is 4.76. The number of fused-ring (bicyclic) bond motifs is 1. The number of methoxy groups -OCH3 is 1. The molecule has 0 bridgehead atoms. The topological polar surface area (TPSA) is 56.5 Å². The lowest BCUT2D eigenvalue weighted by molar-refractivity contribution is 0.414. The summed E-state index contributed by atoms with van der Waals surface area (Å²) in [6.07, 6.45) is 1.69. The van der Waals surface area contributed by atoms with Crippen molar-refractivity contribution < 1.29 is 4.74 Å². The maximum absolute atomic E-state index is 13.1. The summed E-state index contributed by atoms with van der Waals surface area (Å²) in [7, 11) is 1.64. The van der Waals surface area contributed by atoms with Crippen LogP contribution in [0.5, 0.6) is 5.75 Å². The van der Waals surface area contributed by atoms with Crippen LogP contribution < -0.4 is 10.3 Å². The molecule has 0 radical (unpaired) electrons. The SMILES string of the molecule is COc1ccc(C=Nn2c(C(C)(C)C)nc3ccc(Br)cc3c2=O)c(C)c1. The molecule has 3 aromatic rings. The fourth-order valence-electron chi connectivity index (χ4n) is 2.78. The van der Waals surface area contributed by atoms with E-state index in [1.807, 2.05) is 58.0 Å². The van der Waals surface area contributed by atoms with Gasteiger partial charge < -0.3 is 4.74 Å². The summed E-state index contributed by atoms with van der Waals surface area (Å²) in [4.78, 5) is 17.8. The van der Waals surface area contributed by atoms with Crippen molar-refractivity contribution in [3.8, 4) is 5.75 Å². The highest BCUT2D eigenvalue weighted by Gasteiger charge is 2.22. The fourth-order valence-corrected chi connectivity index (χ4v) is 3.14. The lowest BCUT2D eigenvalue weighted by Crippen LogP contribution is -2.29. The van der Waals surface area contributed by atoms with Crippen molar-refractivity contribution in [2.75, 3.05) is 7.11 Å². The molecule has 5 nitrogen and oxygen atoms in total. The molecule has 0 spiro atoms. The standard InChI is InChI=1S/C21H22BrN3O2/c1-13-10-16(27-5)8-6-14(13)12-23-25-19(26)17-11-15(22)7-9-18(17)24-20(25)21(2,3)4/h6-12H,1-5H3. The molecule has 0 aliphatic rings. The van der Waals surface area contributed by atoms with Crippen molar-refractivity contribution in [3.05, 3.63) is 68.2 Å². The predicted molar refractivity (Wildman–Crippen MR) is 113 cm³/mol. The maximum Gasteiger partial charge on any atom is 0.282 e.